The van der Waals surface area contributed by atoms with Crippen molar-refractivity contribution in [3.63, 3.8) is 0 Å². The van der Waals surface area contributed by atoms with Gasteiger partial charge in [-0.3, -0.25) is 0 Å². The summed E-state index contributed by atoms with van der Waals surface area (Å²) in [5.74, 6) is 1.67. The van der Waals surface area contributed by atoms with Crippen LogP contribution in [0.1, 0.15) is 30.7 Å². The van der Waals surface area contributed by atoms with E-state index in [1.165, 1.54) is 12.1 Å². The van der Waals surface area contributed by atoms with Crippen LogP contribution in [-0.2, 0) is 15.1 Å². The minimum atomic E-state index is -0.511. The number of hydrogen-bond donors (Lipinski definition) is 0. The van der Waals surface area contributed by atoms with Gasteiger partial charge in [-0.25, -0.2) is 9.37 Å². The molecule has 0 bridgehead atoms. The molecule has 0 aliphatic carbocycles. The van der Waals surface area contributed by atoms with E-state index in [0.717, 1.165) is 22.5 Å². The van der Waals surface area contributed by atoms with Crippen LogP contribution in [0.4, 0.5) is 4.39 Å². The average molecular weight is 463 g/mol. The standard InChI is InChI=1S/C26H27FN4O3/c1-17-13-30(16-28-17)22-10-5-19(11-23(22)32-4)12-24-25-29-33-15-26(3,31(25)14-18(2)34-24)20-6-8-21(27)9-7-20/h5-13,16,18H,14-15H2,1-4H3/b24-12+. The third-order valence-corrected chi connectivity index (χ3v) is 6.29. The zero-order chi connectivity index (χ0) is 23.9. The molecule has 0 N–H and O–H groups in total. The lowest BCUT2D eigenvalue weighted by atomic mass is 9.89. The lowest BCUT2D eigenvalue weighted by Gasteiger charge is -2.48. The fourth-order valence-corrected chi connectivity index (χ4v) is 4.46. The van der Waals surface area contributed by atoms with Gasteiger partial charge in [0.25, 0.3) is 0 Å². The summed E-state index contributed by atoms with van der Waals surface area (Å²) in [6, 6.07) is 12.5. The second kappa shape index (κ2) is 8.52. The van der Waals surface area contributed by atoms with Crippen molar-refractivity contribution < 1.29 is 18.7 Å². The number of nitrogens with zero attached hydrogens (tertiary/aromatic N) is 4. The summed E-state index contributed by atoms with van der Waals surface area (Å²) in [5.41, 5.74) is 3.17. The smallest absolute Gasteiger partial charge is 0.211 e. The minimum Gasteiger partial charge on any atom is -0.495 e. The summed E-state index contributed by atoms with van der Waals surface area (Å²) in [5, 5.41) is 4.34. The Labute approximate surface area is 198 Å². The summed E-state index contributed by atoms with van der Waals surface area (Å²) in [6.45, 7) is 7.04. The second-order valence-electron chi connectivity index (χ2n) is 8.87. The number of oxime groups is 1. The third kappa shape index (κ3) is 3.89. The highest BCUT2D eigenvalue weighted by atomic mass is 19.1. The minimum absolute atomic E-state index is 0.0711. The maximum Gasteiger partial charge on any atom is 0.211 e. The topological polar surface area (TPSA) is 61.1 Å². The molecule has 0 amide bonds. The van der Waals surface area contributed by atoms with E-state index in [9.17, 15) is 4.39 Å². The van der Waals surface area contributed by atoms with Crippen molar-refractivity contribution in [2.75, 3.05) is 20.3 Å². The van der Waals surface area contributed by atoms with E-state index in [1.807, 2.05) is 48.9 Å². The normalized spacial score (nSPS) is 23.1. The molecule has 2 aliphatic rings. The molecule has 0 saturated carbocycles. The van der Waals surface area contributed by atoms with Crippen molar-refractivity contribution in [2.45, 2.75) is 32.4 Å². The van der Waals surface area contributed by atoms with E-state index in [-0.39, 0.29) is 11.9 Å². The van der Waals surface area contributed by atoms with Gasteiger partial charge in [0.05, 0.1) is 31.4 Å². The van der Waals surface area contributed by atoms with E-state index in [1.54, 1.807) is 25.6 Å². The molecule has 1 saturated heterocycles. The number of morpholine rings is 1. The third-order valence-electron chi connectivity index (χ3n) is 6.29. The number of amidine groups is 1. The van der Waals surface area contributed by atoms with E-state index >= 15 is 0 Å². The molecular formula is C26H27FN4O3. The fraction of sp³-hybridized carbons (Fsp3) is 0.308. The van der Waals surface area contributed by atoms with Crippen molar-refractivity contribution in [1.82, 2.24) is 14.5 Å². The van der Waals surface area contributed by atoms with Crippen LogP contribution < -0.4 is 4.74 Å². The summed E-state index contributed by atoms with van der Waals surface area (Å²) >= 11 is 0. The van der Waals surface area contributed by atoms with Gasteiger partial charge in [-0.05, 0) is 62.2 Å². The molecular weight excluding hydrogens is 435 g/mol. The average Bonchev–Trinajstić information content (AvgIpc) is 3.26. The summed E-state index contributed by atoms with van der Waals surface area (Å²) in [6.07, 6.45) is 5.58. The van der Waals surface area contributed by atoms with Crippen molar-refractivity contribution in [2.24, 2.45) is 5.16 Å². The van der Waals surface area contributed by atoms with Crippen LogP contribution in [0, 0.1) is 12.7 Å². The van der Waals surface area contributed by atoms with Crippen LogP contribution in [0.2, 0.25) is 0 Å². The van der Waals surface area contributed by atoms with Crippen molar-refractivity contribution >= 4 is 11.9 Å². The Hall–Kier alpha value is -3.81. The maximum atomic E-state index is 13.6. The van der Waals surface area contributed by atoms with E-state index in [4.69, 9.17) is 14.3 Å². The fourth-order valence-electron chi connectivity index (χ4n) is 4.46. The first-order valence-corrected chi connectivity index (χ1v) is 11.2. The molecule has 2 unspecified atom stereocenters. The lowest BCUT2D eigenvalue weighted by molar-refractivity contribution is -0.0322. The monoisotopic (exact) mass is 462 g/mol. The predicted octanol–water partition coefficient (Wildman–Crippen LogP) is 4.65. The molecule has 34 heavy (non-hydrogen) atoms. The molecule has 176 valence electrons. The number of rotatable bonds is 4. The molecule has 1 fully saturated rings. The number of aryl methyl sites for hydroxylation is 1. The molecule has 7 nitrogen and oxygen atoms in total. The van der Waals surface area contributed by atoms with Crippen molar-refractivity contribution in [3.05, 3.63) is 83.4 Å². The largest absolute Gasteiger partial charge is 0.495 e. The molecule has 2 aromatic carbocycles. The maximum absolute atomic E-state index is 13.6. The lowest BCUT2D eigenvalue weighted by Crippen LogP contribution is -2.58. The number of imidazole rings is 1. The SMILES string of the molecule is COc1cc(/C=C2/OC(C)CN3C2=NOCC3(C)c2ccc(F)cc2)ccc1-n1cnc(C)c1. The highest BCUT2D eigenvalue weighted by Crippen LogP contribution is 2.37. The van der Waals surface area contributed by atoms with Gasteiger partial charge in [0.15, 0.2) is 5.76 Å². The first kappa shape index (κ1) is 22.0. The van der Waals surface area contributed by atoms with Gasteiger partial charge in [-0.2, -0.15) is 0 Å². The van der Waals surface area contributed by atoms with Gasteiger partial charge in [-0.15, -0.1) is 0 Å². The van der Waals surface area contributed by atoms with Crippen LogP contribution in [0.5, 0.6) is 5.75 Å². The van der Waals surface area contributed by atoms with Gasteiger partial charge < -0.3 is 23.8 Å². The zero-order valence-corrected chi connectivity index (χ0v) is 19.7. The molecule has 0 radical (unpaired) electrons. The Morgan fingerprint density at radius 1 is 1.21 bits per heavy atom. The van der Waals surface area contributed by atoms with Crippen LogP contribution in [0.25, 0.3) is 11.8 Å². The number of benzene rings is 2. The summed E-state index contributed by atoms with van der Waals surface area (Å²) < 4.78 is 27.3. The number of hydrogen-bond acceptors (Lipinski definition) is 6. The Balaban J connectivity index is 1.51. The van der Waals surface area contributed by atoms with Gasteiger partial charge >= 0.3 is 0 Å². The van der Waals surface area contributed by atoms with Gasteiger partial charge in [0.1, 0.15) is 29.8 Å². The van der Waals surface area contributed by atoms with Crippen LogP contribution >= 0.6 is 0 Å². The van der Waals surface area contributed by atoms with E-state index < -0.39 is 5.54 Å². The summed E-state index contributed by atoms with van der Waals surface area (Å²) in [4.78, 5) is 12.1. The Morgan fingerprint density at radius 2 is 2.00 bits per heavy atom. The number of ether oxygens (including phenoxy) is 2. The van der Waals surface area contributed by atoms with Crippen LogP contribution in [0.15, 0.2) is 65.9 Å². The zero-order valence-electron chi connectivity index (χ0n) is 19.7. The van der Waals surface area contributed by atoms with Crippen molar-refractivity contribution in [3.8, 4) is 11.4 Å². The molecule has 8 heteroatoms. The molecule has 1 aromatic heterocycles. The van der Waals surface area contributed by atoms with Crippen molar-refractivity contribution in [1.29, 1.82) is 0 Å². The van der Waals surface area contributed by atoms with Crippen LogP contribution in [-0.4, -0.2) is 46.7 Å². The Kier molecular flexibility index (Phi) is 5.51. The quantitative estimate of drug-likeness (QED) is 0.565. The van der Waals surface area contributed by atoms with Crippen LogP contribution in [0.3, 0.4) is 0 Å². The molecule has 3 aromatic rings. The first-order chi connectivity index (χ1) is 16.4. The first-order valence-electron chi connectivity index (χ1n) is 11.2. The van der Waals surface area contributed by atoms with Gasteiger partial charge in [0.2, 0.25) is 5.84 Å². The number of fused-ring (bicyclic) bond motifs is 1. The molecule has 2 aliphatic heterocycles. The second-order valence-corrected chi connectivity index (χ2v) is 8.87. The molecule has 0 spiro atoms. The molecule has 3 heterocycles. The highest BCUT2D eigenvalue weighted by molar-refractivity contribution is 6.01. The van der Waals surface area contributed by atoms with E-state index in [0.29, 0.717) is 30.5 Å². The molecule has 5 rings (SSSR count). The predicted molar refractivity (Wildman–Crippen MR) is 127 cm³/mol. The van der Waals surface area contributed by atoms with Gasteiger partial charge in [-0.1, -0.05) is 23.4 Å². The van der Waals surface area contributed by atoms with Gasteiger partial charge in [0, 0.05) is 6.20 Å². The Morgan fingerprint density at radius 3 is 2.71 bits per heavy atom. The number of methoxy groups -OCH3 is 1. The van der Waals surface area contributed by atoms with E-state index in [2.05, 4.69) is 22.0 Å². The number of halogens is 1. The molecule has 2 atom stereocenters. The summed E-state index contributed by atoms with van der Waals surface area (Å²) in [7, 11) is 1.65. The Bertz CT molecular complexity index is 1270. The highest BCUT2D eigenvalue weighted by Gasteiger charge is 2.45. The number of aromatic nitrogens is 2.